The number of unbranched alkanes of at least 4 members (excludes halogenated alkanes) is 3. The number of carbonyl (C=O) groups excluding carboxylic acids is 2. The summed E-state index contributed by atoms with van der Waals surface area (Å²) in [7, 11) is 1.24. The second-order valence-corrected chi connectivity index (χ2v) is 8.34. The van der Waals surface area contributed by atoms with Crippen LogP contribution in [0.25, 0.3) is 11.1 Å². The zero-order chi connectivity index (χ0) is 25.9. The van der Waals surface area contributed by atoms with Crippen LogP contribution in [0.4, 0.5) is 5.69 Å². The van der Waals surface area contributed by atoms with Gasteiger partial charge in [0, 0.05) is 42.2 Å². The normalized spacial score (nSPS) is 10.6. The molecule has 9 heteroatoms. The fourth-order valence-electron chi connectivity index (χ4n) is 3.81. The highest BCUT2D eigenvalue weighted by molar-refractivity contribution is 6.04. The van der Waals surface area contributed by atoms with Crippen LogP contribution in [0.2, 0.25) is 0 Å². The molecule has 0 radical (unpaired) electrons. The summed E-state index contributed by atoms with van der Waals surface area (Å²) in [4.78, 5) is 51.3. The summed E-state index contributed by atoms with van der Waals surface area (Å²) in [5.41, 5.74) is 3.32. The second kappa shape index (κ2) is 13.0. The van der Waals surface area contributed by atoms with Gasteiger partial charge in [0.05, 0.1) is 12.8 Å². The van der Waals surface area contributed by atoms with Crippen molar-refractivity contribution in [3.8, 4) is 11.1 Å². The fourth-order valence-corrected chi connectivity index (χ4v) is 3.81. The summed E-state index contributed by atoms with van der Waals surface area (Å²) in [5, 5.41) is 11.5. The number of hydrogen-bond donors (Lipinski definition) is 2. The summed E-state index contributed by atoms with van der Waals surface area (Å²) in [6.45, 7) is -0.252. The van der Waals surface area contributed by atoms with E-state index in [0.717, 1.165) is 42.4 Å². The smallest absolute Gasteiger partial charge is 0.325 e. The van der Waals surface area contributed by atoms with Crippen molar-refractivity contribution in [3.63, 3.8) is 0 Å². The quantitative estimate of drug-likeness (QED) is 0.290. The van der Waals surface area contributed by atoms with Crippen LogP contribution in [-0.2, 0) is 27.3 Å². The van der Waals surface area contributed by atoms with Crippen LogP contribution in [0.1, 0.15) is 48.0 Å². The van der Waals surface area contributed by atoms with E-state index in [1.165, 1.54) is 30.0 Å². The molecule has 1 amide bonds. The van der Waals surface area contributed by atoms with Gasteiger partial charge in [-0.05, 0) is 54.7 Å². The summed E-state index contributed by atoms with van der Waals surface area (Å²) in [6, 6.07) is 11.9. The first-order valence-corrected chi connectivity index (χ1v) is 11.7. The maximum atomic E-state index is 12.9. The molecule has 0 atom stereocenters. The molecule has 3 aromatic rings. The maximum absolute atomic E-state index is 12.9. The molecular formula is C27H29N3O6. The van der Waals surface area contributed by atoms with Gasteiger partial charge in [0.15, 0.2) is 0 Å². The molecule has 9 nitrogen and oxygen atoms in total. The predicted molar refractivity (Wildman–Crippen MR) is 135 cm³/mol. The van der Waals surface area contributed by atoms with Crippen LogP contribution in [-0.4, -0.2) is 39.6 Å². The summed E-state index contributed by atoms with van der Waals surface area (Å²) in [6.07, 6.45) is 9.35. The Morgan fingerprint density at radius 1 is 1.06 bits per heavy atom. The predicted octanol–water partition coefficient (Wildman–Crippen LogP) is 3.91. The number of carboxylic acid groups (broad SMARTS) is 1. The number of pyridine rings is 2. The first-order valence-electron chi connectivity index (χ1n) is 11.7. The number of hydrogen-bond acceptors (Lipinski definition) is 6. The number of ether oxygens (including phenoxy) is 1. The molecule has 2 aromatic heterocycles. The van der Waals surface area contributed by atoms with Gasteiger partial charge in [-0.3, -0.25) is 24.2 Å². The standard InChI is InChI=1S/C27H29N3O6/c1-36-26(34)18-30-17-22(11-12-24(30)31)29-27(35)21-9-6-8-20(15-21)23-16-28-14-13-19(23)7-4-2-3-5-10-25(32)33/h6,8-9,11-17H,2-5,7,10,18H2,1H3,(H,29,35)(H,32,33). The number of amides is 1. The lowest BCUT2D eigenvalue weighted by molar-refractivity contribution is -0.141. The lowest BCUT2D eigenvalue weighted by atomic mass is 9.96. The van der Waals surface area contributed by atoms with E-state index in [1.807, 2.05) is 12.1 Å². The first kappa shape index (κ1) is 26.3. The number of carbonyl (C=O) groups is 3. The molecule has 0 aliphatic heterocycles. The number of methoxy groups -OCH3 is 1. The highest BCUT2D eigenvalue weighted by Gasteiger charge is 2.12. The van der Waals surface area contributed by atoms with Gasteiger partial charge in [-0.1, -0.05) is 25.0 Å². The summed E-state index contributed by atoms with van der Waals surface area (Å²) < 4.78 is 5.77. The molecule has 2 heterocycles. The van der Waals surface area contributed by atoms with Crippen LogP contribution in [0.5, 0.6) is 0 Å². The lowest BCUT2D eigenvalue weighted by Gasteiger charge is -2.12. The zero-order valence-electron chi connectivity index (χ0n) is 20.1. The van der Waals surface area contributed by atoms with E-state index in [9.17, 15) is 19.2 Å². The van der Waals surface area contributed by atoms with Gasteiger partial charge in [-0.15, -0.1) is 0 Å². The number of anilines is 1. The number of nitrogens with one attached hydrogen (secondary N) is 1. The highest BCUT2D eigenvalue weighted by atomic mass is 16.5. The highest BCUT2D eigenvalue weighted by Crippen LogP contribution is 2.26. The Kier molecular flexibility index (Phi) is 9.50. The molecule has 188 valence electrons. The first-order chi connectivity index (χ1) is 17.4. The minimum atomic E-state index is -0.766. The third-order valence-corrected chi connectivity index (χ3v) is 5.70. The Morgan fingerprint density at radius 2 is 1.86 bits per heavy atom. The molecule has 0 unspecified atom stereocenters. The molecule has 0 aliphatic carbocycles. The van der Waals surface area contributed by atoms with Crippen molar-refractivity contribution in [3.05, 3.63) is 82.5 Å². The van der Waals surface area contributed by atoms with Crippen LogP contribution in [0.15, 0.2) is 65.8 Å². The monoisotopic (exact) mass is 491 g/mol. The Labute approximate surface area is 208 Å². The third-order valence-electron chi connectivity index (χ3n) is 5.70. The Hall–Kier alpha value is -4.27. The number of aryl methyl sites for hydroxylation is 1. The molecule has 0 bridgehead atoms. The van der Waals surface area contributed by atoms with E-state index in [-0.39, 0.29) is 24.4 Å². The van der Waals surface area contributed by atoms with Crippen molar-refractivity contribution >= 4 is 23.5 Å². The van der Waals surface area contributed by atoms with Gasteiger partial charge in [0.1, 0.15) is 6.54 Å². The van der Waals surface area contributed by atoms with Crippen molar-refractivity contribution in [1.29, 1.82) is 0 Å². The molecule has 0 aliphatic rings. The summed E-state index contributed by atoms with van der Waals surface area (Å²) >= 11 is 0. The number of esters is 1. The van der Waals surface area contributed by atoms with E-state index >= 15 is 0 Å². The average Bonchev–Trinajstić information content (AvgIpc) is 2.88. The van der Waals surface area contributed by atoms with Gasteiger partial charge < -0.3 is 19.7 Å². The fraction of sp³-hybridized carbons (Fsp3) is 0.296. The van der Waals surface area contributed by atoms with Crippen LogP contribution >= 0.6 is 0 Å². The topological polar surface area (TPSA) is 128 Å². The SMILES string of the molecule is COC(=O)Cn1cc(NC(=O)c2cccc(-c3cnccc3CCCCCCC(=O)O)c2)ccc1=O. The molecular weight excluding hydrogens is 462 g/mol. The van der Waals surface area contributed by atoms with Gasteiger partial charge in [-0.2, -0.15) is 0 Å². The molecule has 0 spiro atoms. The molecule has 2 N–H and O–H groups in total. The van der Waals surface area contributed by atoms with Gasteiger partial charge in [-0.25, -0.2) is 0 Å². The van der Waals surface area contributed by atoms with E-state index in [2.05, 4.69) is 15.0 Å². The minimum absolute atomic E-state index is 0.196. The Morgan fingerprint density at radius 3 is 2.64 bits per heavy atom. The largest absolute Gasteiger partial charge is 0.481 e. The number of aliphatic carboxylic acids is 1. The zero-order valence-corrected chi connectivity index (χ0v) is 20.1. The third kappa shape index (κ3) is 7.63. The van der Waals surface area contributed by atoms with Gasteiger partial charge in [0.2, 0.25) is 0 Å². The molecule has 0 saturated carbocycles. The molecule has 1 aromatic carbocycles. The minimum Gasteiger partial charge on any atom is -0.481 e. The van der Waals surface area contributed by atoms with Crippen molar-refractivity contribution in [2.45, 2.75) is 45.1 Å². The number of benzene rings is 1. The Balaban J connectivity index is 1.70. The van der Waals surface area contributed by atoms with Crippen molar-refractivity contribution in [2.75, 3.05) is 12.4 Å². The van der Waals surface area contributed by atoms with E-state index in [4.69, 9.17) is 5.11 Å². The van der Waals surface area contributed by atoms with E-state index < -0.39 is 11.9 Å². The second-order valence-electron chi connectivity index (χ2n) is 8.34. The number of aromatic nitrogens is 2. The van der Waals surface area contributed by atoms with Crippen LogP contribution in [0.3, 0.4) is 0 Å². The van der Waals surface area contributed by atoms with E-state index in [0.29, 0.717) is 17.7 Å². The van der Waals surface area contributed by atoms with Crippen molar-refractivity contribution in [1.82, 2.24) is 9.55 Å². The van der Waals surface area contributed by atoms with Gasteiger partial charge >= 0.3 is 11.9 Å². The number of rotatable bonds is 12. The van der Waals surface area contributed by atoms with Crippen LogP contribution in [0, 0.1) is 0 Å². The summed E-state index contributed by atoms with van der Waals surface area (Å²) in [5.74, 6) is -1.69. The average molecular weight is 492 g/mol. The van der Waals surface area contributed by atoms with Crippen molar-refractivity contribution in [2.24, 2.45) is 0 Å². The van der Waals surface area contributed by atoms with Crippen molar-refractivity contribution < 1.29 is 24.2 Å². The number of carboxylic acids is 1. The molecule has 3 rings (SSSR count). The van der Waals surface area contributed by atoms with Crippen LogP contribution < -0.4 is 10.9 Å². The number of nitrogens with zero attached hydrogens (tertiary/aromatic N) is 2. The lowest BCUT2D eigenvalue weighted by Crippen LogP contribution is -2.24. The molecule has 0 fully saturated rings. The molecule has 0 saturated heterocycles. The van der Waals surface area contributed by atoms with Gasteiger partial charge in [0.25, 0.3) is 11.5 Å². The molecule has 36 heavy (non-hydrogen) atoms. The Bertz CT molecular complexity index is 1280. The maximum Gasteiger partial charge on any atom is 0.325 e. The van der Waals surface area contributed by atoms with E-state index in [1.54, 1.807) is 30.6 Å².